The van der Waals surface area contributed by atoms with Crippen molar-refractivity contribution in [3.05, 3.63) is 34.1 Å². The lowest BCUT2D eigenvalue weighted by Crippen LogP contribution is -2.23. The maximum Gasteiger partial charge on any atom is 0.137 e. The molecule has 0 radical (unpaired) electrons. The Labute approximate surface area is 118 Å². The Morgan fingerprint density at radius 3 is 2.56 bits per heavy atom. The van der Waals surface area contributed by atoms with Gasteiger partial charge in [0.25, 0.3) is 0 Å². The first-order chi connectivity index (χ1) is 8.59. The van der Waals surface area contributed by atoms with Crippen LogP contribution >= 0.6 is 15.9 Å². The molecule has 0 heterocycles. The molecular weight excluding hydrogens is 293 g/mol. The molecule has 0 aliphatic rings. The van der Waals surface area contributed by atoms with E-state index >= 15 is 0 Å². The summed E-state index contributed by atoms with van der Waals surface area (Å²) in [6.45, 7) is 5.46. The zero-order chi connectivity index (χ0) is 13.4. The molecule has 0 saturated carbocycles. The second-order valence-corrected chi connectivity index (χ2v) is 5.88. The van der Waals surface area contributed by atoms with Crippen LogP contribution in [0.3, 0.4) is 0 Å². The van der Waals surface area contributed by atoms with Gasteiger partial charge in [-0.25, -0.2) is 4.39 Å². The molecule has 1 nitrogen and oxygen atoms in total. The molecule has 3 heteroatoms. The van der Waals surface area contributed by atoms with Gasteiger partial charge in [0.2, 0.25) is 0 Å². The van der Waals surface area contributed by atoms with Crippen molar-refractivity contribution in [3.8, 4) is 0 Å². The standard InChI is InChI=1S/C15H23BrFN/c1-12(2)18-10-6-4-3-5-7-13-8-9-15(17)14(16)11-13/h8-9,11-12,18H,3-7,10H2,1-2H3. The predicted octanol–water partition coefficient (Wildman–Crippen LogP) is 4.69. The highest BCUT2D eigenvalue weighted by Crippen LogP contribution is 2.18. The number of halogens is 2. The lowest BCUT2D eigenvalue weighted by Gasteiger charge is -2.07. The first kappa shape index (κ1) is 15.6. The van der Waals surface area contributed by atoms with Crippen LogP contribution in [0.2, 0.25) is 0 Å². The molecule has 0 spiro atoms. The largest absolute Gasteiger partial charge is 0.315 e. The van der Waals surface area contributed by atoms with Crippen LogP contribution in [0, 0.1) is 5.82 Å². The zero-order valence-corrected chi connectivity index (χ0v) is 12.9. The van der Waals surface area contributed by atoms with Gasteiger partial charge >= 0.3 is 0 Å². The van der Waals surface area contributed by atoms with E-state index in [1.54, 1.807) is 0 Å². The van der Waals surface area contributed by atoms with E-state index in [9.17, 15) is 4.39 Å². The van der Waals surface area contributed by atoms with Crippen LogP contribution in [0.25, 0.3) is 0 Å². The minimum absolute atomic E-state index is 0.182. The summed E-state index contributed by atoms with van der Waals surface area (Å²) in [7, 11) is 0. The molecule has 0 unspecified atom stereocenters. The minimum Gasteiger partial charge on any atom is -0.315 e. The first-order valence-corrected chi connectivity index (χ1v) is 7.56. The molecule has 0 saturated heterocycles. The summed E-state index contributed by atoms with van der Waals surface area (Å²) in [4.78, 5) is 0. The van der Waals surface area contributed by atoms with E-state index in [0.717, 1.165) is 13.0 Å². The van der Waals surface area contributed by atoms with E-state index < -0.39 is 0 Å². The molecule has 0 aliphatic heterocycles. The number of rotatable bonds is 8. The lowest BCUT2D eigenvalue weighted by atomic mass is 10.1. The van der Waals surface area contributed by atoms with Crippen LogP contribution in [-0.2, 0) is 6.42 Å². The summed E-state index contributed by atoms with van der Waals surface area (Å²) >= 11 is 3.22. The molecule has 1 aromatic rings. The Bertz CT molecular complexity index is 352. The van der Waals surface area contributed by atoms with Gasteiger partial charge in [-0.05, 0) is 59.4 Å². The van der Waals surface area contributed by atoms with E-state index in [4.69, 9.17) is 0 Å². The Morgan fingerprint density at radius 2 is 1.89 bits per heavy atom. The van der Waals surface area contributed by atoms with Crippen molar-refractivity contribution in [1.82, 2.24) is 5.32 Å². The number of hydrogen-bond donors (Lipinski definition) is 1. The summed E-state index contributed by atoms with van der Waals surface area (Å²) in [5.74, 6) is -0.182. The molecule has 18 heavy (non-hydrogen) atoms. The Kier molecular flexibility index (Phi) is 7.52. The van der Waals surface area contributed by atoms with Crippen molar-refractivity contribution in [2.24, 2.45) is 0 Å². The predicted molar refractivity (Wildman–Crippen MR) is 79.4 cm³/mol. The minimum atomic E-state index is -0.182. The average Bonchev–Trinajstić information content (AvgIpc) is 2.32. The molecule has 1 aromatic carbocycles. The smallest absolute Gasteiger partial charge is 0.137 e. The molecule has 1 N–H and O–H groups in total. The highest BCUT2D eigenvalue weighted by molar-refractivity contribution is 9.10. The highest BCUT2D eigenvalue weighted by atomic mass is 79.9. The number of benzene rings is 1. The summed E-state index contributed by atoms with van der Waals surface area (Å²) in [6.07, 6.45) is 5.97. The van der Waals surface area contributed by atoms with Crippen LogP contribution in [0.5, 0.6) is 0 Å². The summed E-state index contributed by atoms with van der Waals surface area (Å²) in [5, 5.41) is 3.42. The number of unbranched alkanes of at least 4 members (excludes halogenated alkanes) is 3. The third-order valence-electron chi connectivity index (χ3n) is 2.93. The van der Waals surface area contributed by atoms with Gasteiger partial charge in [0, 0.05) is 6.04 Å². The van der Waals surface area contributed by atoms with E-state index in [1.165, 1.54) is 37.3 Å². The van der Waals surface area contributed by atoms with E-state index in [1.807, 2.05) is 12.1 Å². The topological polar surface area (TPSA) is 12.0 Å². The maximum atomic E-state index is 13.0. The molecular formula is C15H23BrFN. The van der Waals surface area contributed by atoms with Crippen LogP contribution < -0.4 is 5.32 Å². The van der Waals surface area contributed by atoms with Gasteiger partial charge in [0.15, 0.2) is 0 Å². The monoisotopic (exact) mass is 315 g/mol. The third kappa shape index (κ3) is 6.50. The quantitative estimate of drug-likeness (QED) is 0.686. The Balaban J connectivity index is 2.09. The zero-order valence-electron chi connectivity index (χ0n) is 11.3. The van der Waals surface area contributed by atoms with Gasteiger partial charge in [-0.2, -0.15) is 0 Å². The fraction of sp³-hybridized carbons (Fsp3) is 0.600. The van der Waals surface area contributed by atoms with Gasteiger partial charge < -0.3 is 5.32 Å². The van der Waals surface area contributed by atoms with Crippen molar-refractivity contribution in [2.75, 3.05) is 6.54 Å². The van der Waals surface area contributed by atoms with E-state index in [0.29, 0.717) is 10.5 Å². The van der Waals surface area contributed by atoms with E-state index in [2.05, 4.69) is 35.1 Å². The second-order valence-electron chi connectivity index (χ2n) is 5.02. The van der Waals surface area contributed by atoms with Crippen LogP contribution in [0.1, 0.15) is 45.1 Å². The van der Waals surface area contributed by atoms with Crippen molar-refractivity contribution in [3.63, 3.8) is 0 Å². The second kappa shape index (κ2) is 8.65. The molecule has 0 amide bonds. The van der Waals surface area contributed by atoms with Gasteiger partial charge in [-0.15, -0.1) is 0 Å². The fourth-order valence-corrected chi connectivity index (χ4v) is 2.32. The first-order valence-electron chi connectivity index (χ1n) is 6.77. The normalized spacial score (nSPS) is 11.2. The average molecular weight is 316 g/mol. The molecule has 0 atom stereocenters. The summed E-state index contributed by atoms with van der Waals surface area (Å²) in [5.41, 5.74) is 1.21. The maximum absolute atomic E-state index is 13.0. The molecule has 0 aliphatic carbocycles. The number of nitrogens with one attached hydrogen (secondary N) is 1. The van der Waals surface area contributed by atoms with Crippen molar-refractivity contribution in [2.45, 2.75) is 52.0 Å². The molecule has 0 fully saturated rings. The van der Waals surface area contributed by atoms with Crippen molar-refractivity contribution in [1.29, 1.82) is 0 Å². The van der Waals surface area contributed by atoms with Gasteiger partial charge in [0.05, 0.1) is 4.47 Å². The lowest BCUT2D eigenvalue weighted by molar-refractivity contribution is 0.541. The molecule has 102 valence electrons. The van der Waals surface area contributed by atoms with Gasteiger partial charge in [-0.3, -0.25) is 0 Å². The van der Waals surface area contributed by atoms with Crippen LogP contribution in [0.4, 0.5) is 4.39 Å². The number of hydrogen-bond acceptors (Lipinski definition) is 1. The highest BCUT2D eigenvalue weighted by Gasteiger charge is 2.00. The van der Waals surface area contributed by atoms with Crippen LogP contribution in [0.15, 0.2) is 22.7 Å². The fourth-order valence-electron chi connectivity index (χ4n) is 1.89. The number of aryl methyl sites for hydroxylation is 1. The molecule has 1 rings (SSSR count). The van der Waals surface area contributed by atoms with Gasteiger partial charge in [0.1, 0.15) is 5.82 Å². The SMILES string of the molecule is CC(C)NCCCCCCc1ccc(F)c(Br)c1. The van der Waals surface area contributed by atoms with Gasteiger partial charge in [-0.1, -0.05) is 32.8 Å². The third-order valence-corrected chi connectivity index (χ3v) is 3.54. The summed E-state index contributed by atoms with van der Waals surface area (Å²) in [6, 6.07) is 5.88. The van der Waals surface area contributed by atoms with Crippen LogP contribution in [-0.4, -0.2) is 12.6 Å². The van der Waals surface area contributed by atoms with Crippen molar-refractivity contribution < 1.29 is 4.39 Å². The summed E-state index contributed by atoms with van der Waals surface area (Å²) < 4.78 is 13.6. The Hall–Kier alpha value is -0.410. The molecule has 0 bridgehead atoms. The van der Waals surface area contributed by atoms with E-state index in [-0.39, 0.29) is 5.82 Å². The molecule has 0 aromatic heterocycles. The van der Waals surface area contributed by atoms with Crippen molar-refractivity contribution >= 4 is 15.9 Å². The Morgan fingerprint density at radius 1 is 1.17 bits per heavy atom.